The van der Waals surface area contributed by atoms with Crippen LogP contribution < -0.4 is 5.32 Å². The second kappa shape index (κ2) is 5.23. The van der Waals surface area contributed by atoms with Gasteiger partial charge in [-0.1, -0.05) is 24.6 Å². The van der Waals surface area contributed by atoms with Gasteiger partial charge in [-0.05, 0) is 54.7 Å². The Morgan fingerprint density at radius 1 is 1.24 bits per heavy atom. The van der Waals surface area contributed by atoms with Crippen LogP contribution >= 0.6 is 11.6 Å². The summed E-state index contributed by atoms with van der Waals surface area (Å²) in [6, 6.07) is 8.12. The Labute approximate surface area is 128 Å². The highest BCUT2D eigenvalue weighted by atomic mass is 35.5. The van der Waals surface area contributed by atoms with Gasteiger partial charge < -0.3 is 10.4 Å². The molecule has 2 nitrogen and oxygen atoms in total. The quantitative estimate of drug-likeness (QED) is 0.804. The summed E-state index contributed by atoms with van der Waals surface area (Å²) in [5, 5.41) is 13.8. The van der Waals surface area contributed by atoms with Crippen molar-refractivity contribution in [1.29, 1.82) is 0 Å². The number of hydrogen-bond donors (Lipinski definition) is 2. The molecule has 3 rings (SSSR count). The third kappa shape index (κ3) is 2.46. The molecule has 2 aromatic carbocycles. The minimum atomic E-state index is -0.379. The van der Waals surface area contributed by atoms with E-state index in [1.807, 2.05) is 13.0 Å². The minimum absolute atomic E-state index is 0.0921. The number of aromatic hydroxyl groups is 1. The van der Waals surface area contributed by atoms with Crippen LogP contribution in [0.2, 0.25) is 5.02 Å². The van der Waals surface area contributed by atoms with Crippen molar-refractivity contribution in [3.8, 4) is 5.75 Å². The zero-order valence-corrected chi connectivity index (χ0v) is 12.7. The second-order valence-corrected chi connectivity index (χ2v) is 6.12. The molecule has 1 aliphatic rings. The fraction of sp³-hybridized carbons (Fsp3) is 0.294. The molecule has 2 atom stereocenters. The van der Waals surface area contributed by atoms with Crippen molar-refractivity contribution in [2.75, 3.05) is 5.32 Å². The zero-order chi connectivity index (χ0) is 15.1. The van der Waals surface area contributed by atoms with Gasteiger partial charge in [0.25, 0.3) is 0 Å². The van der Waals surface area contributed by atoms with E-state index < -0.39 is 0 Å². The smallest absolute Gasteiger partial charge is 0.147 e. The van der Waals surface area contributed by atoms with E-state index in [2.05, 4.69) is 12.2 Å². The molecule has 0 aliphatic heterocycles. The van der Waals surface area contributed by atoms with Gasteiger partial charge in [-0.15, -0.1) is 0 Å². The first-order valence-electron chi connectivity index (χ1n) is 7.01. The van der Waals surface area contributed by atoms with E-state index in [0.717, 1.165) is 17.5 Å². The Morgan fingerprint density at radius 3 is 2.71 bits per heavy atom. The van der Waals surface area contributed by atoms with Crippen LogP contribution in [0, 0.1) is 12.7 Å². The van der Waals surface area contributed by atoms with Crippen LogP contribution in [0.1, 0.15) is 42.0 Å². The molecule has 0 amide bonds. The highest BCUT2D eigenvalue weighted by Gasteiger charge is 2.32. The normalized spacial score (nSPS) is 20.4. The van der Waals surface area contributed by atoms with E-state index in [-0.39, 0.29) is 17.6 Å². The number of benzene rings is 2. The number of fused-ring (bicyclic) bond motifs is 1. The Morgan fingerprint density at radius 2 is 2.00 bits per heavy atom. The van der Waals surface area contributed by atoms with Crippen molar-refractivity contribution in [2.24, 2.45) is 0 Å². The van der Waals surface area contributed by atoms with Gasteiger partial charge in [0, 0.05) is 10.6 Å². The lowest BCUT2D eigenvalue weighted by molar-refractivity contribution is 0.465. The second-order valence-electron chi connectivity index (χ2n) is 5.69. The highest BCUT2D eigenvalue weighted by molar-refractivity contribution is 6.30. The third-order valence-corrected chi connectivity index (χ3v) is 4.41. The molecular formula is C17H17ClFNO. The Kier molecular flexibility index (Phi) is 3.54. The molecule has 0 spiro atoms. The van der Waals surface area contributed by atoms with Crippen molar-refractivity contribution in [1.82, 2.24) is 0 Å². The molecular weight excluding hydrogens is 289 g/mol. The van der Waals surface area contributed by atoms with Gasteiger partial charge in [0.05, 0.1) is 11.7 Å². The number of phenolic OH excluding ortho intramolecular Hbond substituents is 1. The molecule has 0 radical (unpaired) electrons. The molecule has 2 unspecified atom stereocenters. The lowest BCUT2D eigenvalue weighted by atomic mass is 9.97. The molecule has 110 valence electrons. The van der Waals surface area contributed by atoms with Crippen molar-refractivity contribution in [3.63, 3.8) is 0 Å². The summed E-state index contributed by atoms with van der Waals surface area (Å²) >= 11 is 5.78. The number of anilines is 1. The molecule has 4 heteroatoms. The minimum Gasteiger partial charge on any atom is -0.508 e. The van der Waals surface area contributed by atoms with Crippen molar-refractivity contribution < 1.29 is 9.50 Å². The first-order valence-corrected chi connectivity index (χ1v) is 7.39. The average molecular weight is 306 g/mol. The molecule has 0 saturated heterocycles. The summed E-state index contributed by atoms with van der Waals surface area (Å²) in [7, 11) is 0. The van der Waals surface area contributed by atoms with Gasteiger partial charge >= 0.3 is 0 Å². The molecule has 0 saturated carbocycles. The maximum atomic E-state index is 13.9. The molecule has 0 bridgehead atoms. The SMILES string of the molecule is Cc1ccc(O)c2c1C(C)CC2Nc1ccc(Cl)cc1F. The predicted octanol–water partition coefficient (Wildman–Crippen LogP) is 5.15. The van der Waals surface area contributed by atoms with E-state index in [4.69, 9.17) is 11.6 Å². The zero-order valence-electron chi connectivity index (χ0n) is 12.0. The third-order valence-electron chi connectivity index (χ3n) is 4.17. The Bertz CT molecular complexity index is 701. The lowest BCUT2D eigenvalue weighted by Crippen LogP contribution is -2.09. The molecule has 1 aliphatic carbocycles. The van der Waals surface area contributed by atoms with Crippen LogP contribution in [0.3, 0.4) is 0 Å². The summed E-state index contributed by atoms with van der Waals surface area (Å²) in [5.41, 5.74) is 3.63. The first kappa shape index (κ1) is 14.2. The molecule has 0 aromatic heterocycles. The van der Waals surface area contributed by atoms with Crippen LogP contribution in [-0.4, -0.2) is 5.11 Å². The Balaban J connectivity index is 1.98. The van der Waals surface area contributed by atoms with Gasteiger partial charge in [-0.25, -0.2) is 4.39 Å². The van der Waals surface area contributed by atoms with E-state index in [0.29, 0.717) is 16.6 Å². The summed E-state index contributed by atoms with van der Waals surface area (Å²) in [4.78, 5) is 0. The van der Waals surface area contributed by atoms with E-state index in [9.17, 15) is 9.50 Å². The predicted molar refractivity (Wildman–Crippen MR) is 83.6 cm³/mol. The van der Waals surface area contributed by atoms with Crippen LogP contribution in [0.25, 0.3) is 0 Å². The number of phenols is 1. The van der Waals surface area contributed by atoms with Gasteiger partial charge in [-0.3, -0.25) is 0 Å². The van der Waals surface area contributed by atoms with Crippen LogP contribution in [-0.2, 0) is 0 Å². The average Bonchev–Trinajstić information content (AvgIpc) is 2.75. The fourth-order valence-electron chi connectivity index (χ4n) is 3.27. The maximum absolute atomic E-state index is 13.9. The molecule has 0 fully saturated rings. The van der Waals surface area contributed by atoms with E-state index in [1.165, 1.54) is 11.6 Å². The number of rotatable bonds is 2. The summed E-state index contributed by atoms with van der Waals surface area (Å²) in [6.07, 6.45) is 0.829. The fourth-order valence-corrected chi connectivity index (χ4v) is 3.43. The van der Waals surface area contributed by atoms with Crippen LogP contribution in [0.5, 0.6) is 5.75 Å². The summed E-state index contributed by atoms with van der Waals surface area (Å²) < 4.78 is 13.9. The van der Waals surface area contributed by atoms with Gasteiger partial charge in [-0.2, -0.15) is 0 Å². The standard InChI is InChI=1S/C17H17ClFNO/c1-9-3-6-15(21)17-14(7-10(2)16(9)17)20-13-5-4-11(18)8-12(13)19/h3-6,8,10,14,20-21H,7H2,1-2H3. The number of hydrogen-bond acceptors (Lipinski definition) is 2. The van der Waals surface area contributed by atoms with Crippen molar-refractivity contribution in [3.05, 3.63) is 57.9 Å². The number of nitrogens with one attached hydrogen (secondary N) is 1. The van der Waals surface area contributed by atoms with Gasteiger partial charge in [0.2, 0.25) is 0 Å². The number of aryl methyl sites for hydroxylation is 1. The van der Waals surface area contributed by atoms with Crippen LogP contribution in [0.4, 0.5) is 10.1 Å². The molecule has 2 aromatic rings. The molecule has 21 heavy (non-hydrogen) atoms. The highest BCUT2D eigenvalue weighted by Crippen LogP contribution is 2.47. The lowest BCUT2D eigenvalue weighted by Gasteiger charge is -2.17. The molecule has 0 heterocycles. The monoisotopic (exact) mass is 305 g/mol. The van der Waals surface area contributed by atoms with Gasteiger partial charge in [0.1, 0.15) is 11.6 Å². The van der Waals surface area contributed by atoms with Crippen LogP contribution in [0.15, 0.2) is 30.3 Å². The Hall–Kier alpha value is -1.74. The molecule has 2 N–H and O–H groups in total. The number of halogens is 2. The van der Waals surface area contributed by atoms with E-state index in [1.54, 1.807) is 18.2 Å². The van der Waals surface area contributed by atoms with Gasteiger partial charge in [0.15, 0.2) is 0 Å². The largest absolute Gasteiger partial charge is 0.508 e. The van der Waals surface area contributed by atoms with E-state index >= 15 is 0 Å². The topological polar surface area (TPSA) is 32.3 Å². The first-order chi connectivity index (χ1) is 9.97. The summed E-state index contributed by atoms with van der Waals surface area (Å²) in [6.45, 7) is 4.17. The van der Waals surface area contributed by atoms with Crippen molar-refractivity contribution in [2.45, 2.75) is 32.2 Å². The maximum Gasteiger partial charge on any atom is 0.147 e. The van der Waals surface area contributed by atoms with Crippen molar-refractivity contribution >= 4 is 17.3 Å². The summed E-state index contributed by atoms with van der Waals surface area (Å²) in [5.74, 6) is 0.225.